The largest absolute Gasteiger partial charge is 0.497 e. The van der Waals surface area contributed by atoms with Gasteiger partial charge in [-0.2, -0.15) is 0 Å². The van der Waals surface area contributed by atoms with Gasteiger partial charge in [-0.15, -0.1) is 10.2 Å². The molecular formula is C16H19N3O3. The van der Waals surface area contributed by atoms with Crippen LogP contribution in [0, 0.1) is 0 Å². The maximum absolute atomic E-state index is 12.2. The molecule has 1 heterocycles. The molecule has 0 aliphatic carbocycles. The first-order valence-electron chi connectivity index (χ1n) is 6.96. The predicted molar refractivity (Wildman–Crippen MR) is 81.6 cm³/mol. The zero-order valence-corrected chi connectivity index (χ0v) is 12.9. The monoisotopic (exact) mass is 301 g/mol. The molecule has 22 heavy (non-hydrogen) atoms. The molecule has 6 heteroatoms. The molecule has 116 valence electrons. The van der Waals surface area contributed by atoms with Gasteiger partial charge < -0.3 is 14.1 Å². The Balaban J connectivity index is 2.00. The third kappa shape index (κ3) is 3.94. The minimum absolute atomic E-state index is 0.00974. The lowest BCUT2D eigenvalue weighted by Gasteiger charge is -2.15. The summed E-state index contributed by atoms with van der Waals surface area (Å²) in [4.78, 5) is 13.8. The van der Waals surface area contributed by atoms with Crippen LogP contribution in [-0.4, -0.2) is 35.2 Å². The number of ether oxygens (including phenoxy) is 1. The number of carbonyl (C=O) groups excluding carboxylic acids is 1. The Morgan fingerprint density at radius 2 is 2.05 bits per heavy atom. The minimum atomic E-state index is -0.296. The number of carbonyl (C=O) groups is 1. The summed E-state index contributed by atoms with van der Waals surface area (Å²) < 4.78 is 10.5. The summed E-state index contributed by atoms with van der Waals surface area (Å²) >= 11 is 0. The second kappa shape index (κ2) is 7.40. The highest BCUT2D eigenvalue weighted by Gasteiger charge is 2.19. The lowest BCUT2D eigenvalue weighted by molar-refractivity contribution is 0.0743. The van der Waals surface area contributed by atoms with Crippen molar-refractivity contribution in [3.05, 3.63) is 53.8 Å². The van der Waals surface area contributed by atoms with Crippen LogP contribution >= 0.6 is 0 Å². The molecule has 0 fully saturated rings. The van der Waals surface area contributed by atoms with Crippen molar-refractivity contribution in [1.29, 1.82) is 0 Å². The van der Waals surface area contributed by atoms with E-state index in [1.54, 1.807) is 14.2 Å². The molecule has 0 spiro atoms. The second-order valence-corrected chi connectivity index (χ2v) is 4.78. The molecule has 0 saturated carbocycles. The van der Waals surface area contributed by atoms with Gasteiger partial charge in [0.25, 0.3) is 0 Å². The lowest BCUT2D eigenvalue weighted by atomic mass is 10.2. The van der Waals surface area contributed by atoms with E-state index in [0.29, 0.717) is 18.9 Å². The van der Waals surface area contributed by atoms with E-state index >= 15 is 0 Å². The van der Waals surface area contributed by atoms with Gasteiger partial charge in [0.2, 0.25) is 5.89 Å². The van der Waals surface area contributed by atoms with Crippen molar-refractivity contribution in [2.75, 3.05) is 14.2 Å². The molecule has 0 atom stereocenters. The summed E-state index contributed by atoms with van der Waals surface area (Å²) in [5, 5.41) is 7.65. The summed E-state index contributed by atoms with van der Waals surface area (Å²) in [5.41, 5.74) is 0.991. The van der Waals surface area contributed by atoms with Crippen molar-refractivity contribution < 1.29 is 13.9 Å². The zero-order valence-electron chi connectivity index (χ0n) is 12.9. The number of rotatable bonds is 6. The van der Waals surface area contributed by atoms with Crippen LogP contribution < -0.4 is 4.74 Å². The Morgan fingerprint density at radius 3 is 2.68 bits per heavy atom. The number of aromatic nitrogens is 2. The third-order valence-electron chi connectivity index (χ3n) is 3.10. The molecule has 0 bridgehead atoms. The van der Waals surface area contributed by atoms with Gasteiger partial charge in [0, 0.05) is 20.0 Å². The first kappa shape index (κ1) is 15.8. The molecule has 0 saturated heterocycles. The van der Waals surface area contributed by atoms with Crippen LogP contribution in [-0.2, 0) is 13.0 Å². The van der Waals surface area contributed by atoms with E-state index in [-0.39, 0.29) is 11.8 Å². The highest BCUT2D eigenvalue weighted by molar-refractivity contribution is 5.89. The average Bonchev–Trinajstić information content (AvgIpc) is 3.01. The van der Waals surface area contributed by atoms with Gasteiger partial charge in [-0.25, -0.2) is 0 Å². The summed E-state index contributed by atoms with van der Waals surface area (Å²) in [5.74, 6) is 0.924. The average molecular weight is 301 g/mol. The maximum Gasteiger partial charge on any atom is 0.311 e. The topological polar surface area (TPSA) is 68.5 Å². The quantitative estimate of drug-likeness (QED) is 0.767. The maximum atomic E-state index is 12.2. The summed E-state index contributed by atoms with van der Waals surface area (Å²) in [7, 11) is 3.31. The summed E-state index contributed by atoms with van der Waals surface area (Å²) in [6, 6.07) is 7.53. The van der Waals surface area contributed by atoms with Crippen molar-refractivity contribution in [3.63, 3.8) is 0 Å². The van der Waals surface area contributed by atoms with Crippen LogP contribution in [0.1, 0.15) is 29.1 Å². The van der Waals surface area contributed by atoms with E-state index in [9.17, 15) is 4.79 Å². The predicted octanol–water partition coefficient (Wildman–Crippen LogP) is 2.47. The van der Waals surface area contributed by atoms with Crippen LogP contribution in [0.25, 0.3) is 0 Å². The molecule has 1 aromatic heterocycles. The molecule has 6 nitrogen and oxygen atoms in total. The van der Waals surface area contributed by atoms with E-state index in [1.807, 2.05) is 43.3 Å². The molecule has 0 unspecified atom stereocenters. The van der Waals surface area contributed by atoms with Gasteiger partial charge in [-0.3, -0.25) is 4.79 Å². The Bertz CT molecular complexity index is 647. The number of amides is 1. The SMILES string of the molecule is CC=CCc1nnc(C(=O)N(C)Cc2ccc(OC)cc2)o1. The number of methoxy groups -OCH3 is 1. The van der Waals surface area contributed by atoms with Crippen molar-refractivity contribution in [1.82, 2.24) is 15.1 Å². The smallest absolute Gasteiger partial charge is 0.311 e. The zero-order chi connectivity index (χ0) is 15.9. The Kier molecular flexibility index (Phi) is 5.30. The number of hydrogen-bond donors (Lipinski definition) is 0. The molecule has 0 aliphatic rings. The molecular weight excluding hydrogens is 282 g/mol. The first-order chi connectivity index (χ1) is 10.6. The van der Waals surface area contributed by atoms with Crippen molar-refractivity contribution in [2.24, 2.45) is 0 Å². The molecule has 0 aliphatic heterocycles. The van der Waals surface area contributed by atoms with Crippen LogP contribution in [0.5, 0.6) is 5.75 Å². The standard InChI is InChI=1S/C16H19N3O3/c1-4-5-6-14-17-18-15(22-14)16(20)19(2)11-12-7-9-13(21-3)10-8-12/h4-5,7-10H,6,11H2,1-3H3. The summed E-state index contributed by atoms with van der Waals surface area (Å²) in [6.45, 7) is 2.36. The minimum Gasteiger partial charge on any atom is -0.497 e. The number of allylic oxidation sites excluding steroid dienone is 2. The van der Waals surface area contributed by atoms with E-state index in [4.69, 9.17) is 9.15 Å². The second-order valence-electron chi connectivity index (χ2n) is 4.78. The van der Waals surface area contributed by atoms with E-state index in [1.165, 1.54) is 4.90 Å². The van der Waals surface area contributed by atoms with E-state index in [0.717, 1.165) is 11.3 Å². The van der Waals surface area contributed by atoms with E-state index < -0.39 is 0 Å². The van der Waals surface area contributed by atoms with Crippen LogP contribution in [0.2, 0.25) is 0 Å². The molecule has 2 aromatic rings. The van der Waals surface area contributed by atoms with Crippen LogP contribution in [0.3, 0.4) is 0 Å². The lowest BCUT2D eigenvalue weighted by Crippen LogP contribution is -2.26. The fourth-order valence-electron chi connectivity index (χ4n) is 1.88. The molecule has 0 radical (unpaired) electrons. The summed E-state index contributed by atoms with van der Waals surface area (Å²) in [6.07, 6.45) is 4.31. The van der Waals surface area contributed by atoms with Crippen molar-refractivity contribution in [3.8, 4) is 5.75 Å². The molecule has 0 N–H and O–H groups in total. The van der Waals surface area contributed by atoms with Crippen molar-refractivity contribution in [2.45, 2.75) is 19.9 Å². The number of benzene rings is 1. The van der Waals surface area contributed by atoms with Gasteiger partial charge >= 0.3 is 11.8 Å². The molecule has 1 amide bonds. The van der Waals surface area contributed by atoms with Crippen LogP contribution in [0.15, 0.2) is 40.8 Å². The third-order valence-corrected chi connectivity index (χ3v) is 3.10. The number of hydrogen-bond acceptors (Lipinski definition) is 5. The van der Waals surface area contributed by atoms with Gasteiger partial charge in [0.15, 0.2) is 0 Å². The fourth-order valence-corrected chi connectivity index (χ4v) is 1.88. The Morgan fingerprint density at radius 1 is 1.32 bits per heavy atom. The fraction of sp³-hybridized carbons (Fsp3) is 0.312. The van der Waals surface area contributed by atoms with Gasteiger partial charge in [0.05, 0.1) is 7.11 Å². The van der Waals surface area contributed by atoms with Gasteiger partial charge in [0.1, 0.15) is 5.75 Å². The first-order valence-corrected chi connectivity index (χ1v) is 6.96. The number of nitrogens with zero attached hydrogens (tertiary/aromatic N) is 3. The molecule has 2 rings (SSSR count). The van der Waals surface area contributed by atoms with Crippen molar-refractivity contribution >= 4 is 5.91 Å². The van der Waals surface area contributed by atoms with Gasteiger partial charge in [-0.05, 0) is 24.6 Å². The highest BCUT2D eigenvalue weighted by atomic mass is 16.5. The normalized spacial score (nSPS) is 10.9. The molecule has 1 aromatic carbocycles. The van der Waals surface area contributed by atoms with E-state index in [2.05, 4.69) is 10.2 Å². The van der Waals surface area contributed by atoms with Gasteiger partial charge in [-0.1, -0.05) is 24.3 Å². The Hall–Kier alpha value is -2.63. The Labute approximate surface area is 129 Å². The highest BCUT2D eigenvalue weighted by Crippen LogP contribution is 2.13. The van der Waals surface area contributed by atoms with Crippen LogP contribution in [0.4, 0.5) is 0 Å².